The molecule has 0 radical (unpaired) electrons. The zero-order chi connectivity index (χ0) is 52.3. The largest absolute Gasteiger partial charge is 0.468 e. The van der Waals surface area contributed by atoms with Gasteiger partial charge in [-0.15, -0.1) is 0 Å². The Labute approximate surface area is 431 Å². The van der Waals surface area contributed by atoms with E-state index >= 15 is 0 Å². The molecule has 9 rings (SSSR count). The van der Waals surface area contributed by atoms with Crippen LogP contribution in [0.25, 0.3) is 11.0 Å². The van der Waals surface area contributed by atoms with Gasteiger partial charge >= 0.3 is 0 Å². The maximum Gasteiger partial charge on any atom is 0.297 e. The molecule has 3 heterocycles. The highest BCUT2D eigenvalue weighted by atomic mass is 16.3. The highest BCUT2D eigenvalue weighted by molar-refractivity contribution is 7.00. The maximum atomic E-state index is 7.78. The number of nitrogens with zero attached hydrogens (tertiary/aromatic N) is 2. The van der Waals surface area contributed by atoms with Crippen molar-refractivity contribution in [1.82, 2.24) is 0 Å². The van der Waals surface area contributed by atoms with E-state index in [-0.39, 0.29) is 50.0 Å². The van der Waals surface area contributed by atoms with Crippen LogP contribution in [0.15, 0.2) is 77.2 Å². The molecule has 376 valence electrons. The summed E-state index contributed by atoms with van der Waals surface area (Å²) in [5.41, 5.74) is 24.1. The van der Waals surface area contributed by atoms with Crippen LogP contribution in [0, 0.1) is 6.92 Å². The lowest BCUT2D eigenvalue weighted by Gasteiger charge is -2.45. The van der Waals surface area contributed by atoms with Gasteiger partial charge in [0.05, 0.1) is 11.3 Å². The lowest BCUT2D eigenvalue weighted by molar-refractivity contribution is 0.332. The SMILES string of the molecule is CCCC(C)(C)c1cc2c(cc1C)N(c1cc(C(C)(C)C)cc(C(C)(C)C)c1)c1cc(C(C)(C)C)cc3c1B2c1oc2cc4c(cc2c1N3c1cc(C(C)(C)C)cc(C(C)(C)C)c1)C(C)(C)CCC4(C)C. The summed E-state index contributed by atoms with van der Waals surface area (Å²) in [6.45, 7) is 54.9. The molecule has 6 aromatic rings. The molecule has 0 saturated carbocycles. The molecule has 0 unspecified atom stereocenters. The van der Waals surface area contributed by atoms with Crippen LogP contribution in [0.3, 0.4) is 0 Å². The summed E-state index contributed by atoms with van der Waals surface area (Å²) >= 11 is 0. The van der Waals surface area contributed by atoms with E-state index in [4.69, 9.17) is 4.42 Å². The molecule has 2 aliphatic heterocycles. The van der Waals surface area contributed by atoms with Crippen molar-refractivity contribution in [2.45, 2.75) is 228 Å². The topological polar surface area (TPSA) is 19.6 Å². The van der Waals surface area contributed by atoms with E-state index in [1.165, 1.54) is 101 Å². The van der Waals surface area contributed by atoms with Gasteiger partial charge in [0, 0.05) is 33.8 Å². The third-order valence-electron chi connectivity index (χ3n) is 17.3. The first-order valence-electron chi connectivity index (χ1n) is 27.3. The molecule has 5 aromatic carbocycles. The predicted octanol–water partition coefficient (Wildman–Crippen LogP) is 17.7. The number of benzene rings is 5. The summed E-state index contributed by atoms with van der Waals surface area (Å²) in [7, 11) is 0. The Kier molecular flexibility index (Phi) is 11.7. The van der Waals surface area contributed by atoms with Crippen LogP contribution in [-0.2, 0) is 43.3 Å². The minimum Gasteiger partial charge on any atom is -0.468 e. The fourth-order valence-electron chi connectivity index (χ4n) is 12.4. The molecule has 3 nitrogen and oxygen atoms in total. The average molecular weight is 949 g/mol. The van der Waals surface area contributed by atoms with Gasteiger partial charge in [0.2, 0.25) is 0 Å². The Hall–Kier alpha value is -4.70. The van der Waals surface area contributed by atoms with Crippen molar-refractivity contribution in [3.63, 3.8) is 0 Å². The van der Waals surface area contributed by atoms with Crippen molar-refractivity contribution in [1.29, 1.82) is 0 Å². The standard InChI is InChI=1S/C67H89BN2O/c1-24-25-65(18,19)49-38-52-53(28-40(49)2)69(46-31-41(60(3,4)5)29-42(32-46)61(6,7)8)54-35-45(64(15,16)17)36-55-57(54)68(52)59-58(70(55)47-33-43(62(9,10)11)30-44(34-47)63(12,13)14)48-37-50-51(39-56(48)71-59)67(22,23)27-26-66(50,20)21/h28-39H,24-27H2,1-23H3. The predicted molar refractivity (Wildman–Crippen MR) is 312 cm³/mol. The lowest BCUT2D eigenvalue weighted by Crippen LogP contribution is -2.61. The van der Waals surface area contributed by atoms with Crippen LogP contribution in [-0.4, -0.2) is 6.71 Å². The molecule has 0 saturated heterocycles. The van der Waals surface area contributed by atoms with Crippen LogP contribution in [0.5, 0.6) is 0 Å². The quantitative estimate of drug-likeness (QED) is 0.160. The number of rotatable bonds is 5. The summed E-state index contributed by atoms with van der Waals surface area (Å²) in [6.07, 6.45) is 4.54. The molecule has 0 fully saturated rings. The third kappa shape index (κ3) is 8.61. The monoisotopic (exact) mass is 949 g/mol. The number of hydrogen-bond donors (Lipinski definition) is 0. The molecule has 0 bridgehead atoms. The van der Waals surface area contributed by atoms with Crippen molar-refractivity contribution in [2.75, 3.05) is 9.80 Å². The van der Waals surface area contributed by atoms with Crippen LogP contribution in [0.1, 0.15) is 228 Å². The fourth-order valence-corrected chi connectivity index (χ4v) is 12.4. The zero-order valence-corrected chi connectivity index (χ0v) is 48.6. The third-order valence-corrected chi connectivity index (χ3v) is 17.3. The number of anilines is 6. The van der Waals surface area contributed by atoms with Gasteiger partial charge in [-0.25, -0.2) is 0 Å². The van der Waals surface area contributed by atoms with Crippen LogP contribution in [0.4, 0.5) is 34.1 Å². The Morgan fingerprint density at radius 2 is 0.930 bits per heavy atom. The lowest BCUT2D eigenvalue weighted by atomic mass is 9.35. The molecule has 0 atom stereocenters. The first kappa shape index (κ1) is 51.2. The van der Waals surface area contributed by atoms with Gasteiger partial charge in [-0.3, -0.25) is 0 Å². The first-order chi connectivity index (χ1) is 32.4. The van der Waals surface area contributed by atoms with Crippen LogP contribution in [0.2, 0.25) is 0 Å². The van der Waals surface area contributed by atoms with Crippen molar-refractivity contribution < 1.29 is 4.42 Å². The Bertz CT molecular complexity index is 3050. The van der Waals surface area contributed by atoms with Gasteiger partial charge < -0.3 is 14.2 Å². The minimum absolute atomic E-state index is 0.0200. The summed E-state index contributed by atoms with van der Waals surface area (Å²) in [6, 6.07) is 30.3. The van der Waals surface area contributed by atoms with Gasteiger partial charge in [-0.05, 0) is 185 Å². The smallest absolute Gasteiger partial charge is 0.297 e. The number of fused-ring (bicyclic) bond motifs is 7. The molecule has 4 heteroatoms. The van der Waals surface area contributed by atoms with E-state index in [1.807, 2.05) is 0 Å². The van der Waals surface area contributed by atoms with Gasteiger partial charge in [-0.2, -0.15) is 0 Å². The van der Waals surface area contributed by atoms with Crippen molar-refractivity contribution in [3.8, 4) is 0 Å². The minimum atomic E-state index is -0.149. The molecular formula is C67H89BN2O. The zero-order valence-electron chi connectivity index (χ0n) is 48.6. The Morgan fingerprint density at radius 3 is 1.38 bits per heavy atom. The Morgan fingerprint density at radius 1 is 0.507 bits per heavy atom. The molecule has 3 aliphatic rings. The van der Waals surface area contributed by atoms with Gasteiger partial charge in [0.25, 0.3) is 6.71 Å². The summed E-state index contributed by atoms with van der Waals surface area (Å²) in [5, 5.41) is 1.21. The highest BCUT2D eigenvalue weighted by Gasteiger charge is 2.49. The van der Waals surface area contributed by atoms with Crippen molar-refractivity contribution in [3.05, 3.63) is 123 Å². The Balaban J connectivity index is 1.52. The van der Waals surface area contributed by atoms with E-state index in [0.29, 0.717) is 0 Å². The van der Waals surface area contributed by atoms with E-state index in [2.05, 4.69) is 242 Å². The van der Waals surface area contributed by atoms with Crippen molar-refractivity contribution in [2.24, 2.45) is 0 Å². The first-order valence-corrected chi connectivity index (χ1v) is 27.3. The van der Waals surface area contributed by atoms with Gasteiger partial charge in [0.15, 0.2) is 0 Å². The van der Waals surface area contributed by atoms with Crippen LogP contribution < -0.4 is 26.4 Å². The second-order valence-corrected chi connectivity index (χ2v) is 29.7. The molecular weight excluding hydrogens is 860 g/mol. The molecule has 71 heavy (non-hydrogen) atoms. The van der Waals surface area contributed by atoms with Gasteiger partial charge in [0.1, 0.15) is 5.58 Å². The van der Waals surface area contributed by atoms with E-state index in [1.54, 1.807) is 0 Å². The number of furan rings is 1. The van der Waals surface area contributed by atoms with Crippen LogP contribution >= 0.6 is 0 Å². The fraction of sp³-hybridized carbons (Fsp3) is 0.522. The summed E-state index contributed by atoms with van der Waals surface area (Å²) in [5.74, 6) is 0. The molecule has 0 amide bonds. The molecule has 0 spiro atoms. The number of hydrogen-bond acceptors (Lipinski definition) is 3. The highest BCUT2D eigenvalue weighted by Crippen LogP contribution is 2.53. The van der Waals surface area contributed by atoms with E-state index in [9.17, 15) is 0 Å². The second-order valence-electron chi connectivity index (χ2n) is 29.7. The summed E-state index contributed by atoms with van der Waals surface area (Å²) in [4.78, 5) is 5.35. The summed E-state index contributed by atoms with van der Waals surface area (Å²) < 4.78 is 7.78. The average Bonchev–Trinajstić information content (AvgIpc) is 3.60. The maximum absolute atomic E-state index is 7.78. The van der Waals surface area contributed by atoms with E-state index in [0.717, 1.165) is 36.9 Å². The molecule has 1 aromatic heterocycles. The molecule has 1 aliphatic carbocycles. The van der Waals surface area contributed by atoms with E-state index < -0.39 is 0 Å². The number of aryl methyl sites for hydroxylation is 1. The second kappa shape index (κ2) is 16.2. The normalized spacial score (nSPS) is 16.8. The van der Waals surface area contributed by atoms with Gasteiger partial charge in [-0.1, -0.05) is 177 Å². The molecule has 0 N–H and O–H groups in total. The van der Waals surface area contributed by atoms with Crippen molar-refractivity contribution >= 4 is 68.4 Å².